The molecule has 1 aliphatic heterocycles. The Balaban J connectivity index is 0.000000638. The van der Waals surface area contributed by atoms with Gasteiger partial charge in [-0.2, -0.15) is 17.9 Å². The summed E-state index contributed by atoms with van der Waals surface area (Å²) in [5.74, 6) is -3.07. The Hall–Kier alpha value is -3.42. The average Bonchev–Trinajstić information content (AvgIpc) is 3.34. The Labute approximate surface area is 217 Å². The van der Waals surface area contributed by atoms with Crippen LogP contribution in [0.25, 0.3) is 5.70 Å². The quantitative estimate of drug-likeness (QED) is 0.323. The van der Waals surface area contributed by atoms with Gasteiger partial charge in [0, 0.05) is 12.0 Å². The molecule has 0 aliphatic carbocycles. The van der Waals surface area contributed by atoms with Crippen LogP contribution >= 0.6 is 0 Å². The third-order valence-electron chi connectivity index (χ3n) is 5.30. The van der Waals surface area contributed by atoms with Gasteiger partial charge >= 0.3 is 6.18 Å². The summed E-state index contributed by atoms with van der Waals surface area (Å²) < 4.78 is 74.0. The molecular formula is C25H27F4N3O5S. The summed E-state index contributed by atoms with van der Waals surface area (Å²) >= 11 is 0. The zero-order valence-electron chi connectivity index (χ0n) is 20.4. The molecule has 0 spiro atoms. The number of rotatable bonds is 11. The maximum atomic E-state index is 14.1. The van der Waals surface area contributed by atoms with Gasteiger partial charge in [0.2, 0.25) is 15.9 Å². The number of quaternary nitrogens is 1. The van der Waals surface area contributed by atoms with E-state index in [1.165, 1.54) is 18.2 Å². The van der Waals surface area contributed by atoms with E-state index < -0.39 is 34.0 Å². The lowest BCUT2D eigenvalue weighted by atomic mass is 10.1. The number of carboxylic acid groups (broad SMARTS) is 1. The summed E-state index contributed by atoms with van der Waals surface area (Å²) in [6.45, 7) is 1.56. The number of nitrogens with zero attached hydrogens (tertiary/aromatic N) is 1. The maximum Gasteiger partial charge on any atom is 0.430 e. The van der Waals surface area contributed by atoms with Gasteiger partial charge in [0.1, 0.15) is 28.5 Å². The molecule has 1 aliphatic rings. The van der Waals surface area contributed by atoms with Crippen LogP contribution in [-0.4, -0.2) is 38.2 Å². The molecule has 0 aromatic heterocycles. The SMILES string of the molecule is CC(=O)CCCCC[C@H](NS(=O)(=O)c1ccccc1F)C1=NC=C(c2ccccc2)[NH2+]1.O=C([O-])C(F)(F)F. The number of aliphatic carboxylic acids is 1. The number of alkyl halides is 3. The molecule has 3 rings (SSSR count). The van der Waals surface area contributed by atoms with E-state index >= 15 is 0 Å². The second-order valence-corrected chi connectivity index (χ2v) is 10.0. The number of halogens is 4. The summed E-state index contributed by atoms with van der Waals surface area (Å²) in [6, 6.07) is 14.4. The van der Waals surface area contributed by atoms with Crippen molar-refractivity contribution >= 4 is 33.3 Å². The van der Waals surface area contributed by atoms with Gasteiger partial charge < -0.3 is 14.7 Å². The van der Waals surface area contributed by atoms with Crippen LogP contribution in [0.15, 0.2) is 70.7 Å². The third kappa shape index (κ3) is 9.80. The van der Waals surface area contributed by atoms with E-state index in [1.54, 1.807) is 13.1 Å². The van der Waals surface area contributed by atoms with Crippen LogP contribution in [0.3, 0.4) is 0 Å². The van der Waals surface area contributed by atoms with Gasteiger partial charge in [0.25, 0.3) is 0 Å². The number of carboxylic acids is 1. The first-order chi connectivity index (χ1) is 17.8. The normalized spacial score (nSPS) is 14.1. The second-order valence-electron chi connectivity index (χ2n) is 8.34. The van der Waals surface area contributed by atoms with Gasteiger partial charge in [0.05, 0.1) is 6.20 Å². The number of ketones is 1. The van der Waals surface area contributed by atoms with E-state index in [4.69, 9.17) is 9.90 Å². The Kier molecular flexibility index (Phi) is 11.3. The van der Waals surface area contributed by atoms with Crippen molar-refractivity contribution < 1.29 is 46.0 Å². The number of carbonyl (C=O) groups excluding carboxylic acids is 2. The molecule has 0 bridgehead atoms. The number of hydrogen-bond donors (Lipinski definition) is 2. The summed E-state index contributed by atoms with van der Waals surface area (Å²) in [5.41, 5.74) is 1.88. The van der Waals surface area contributed by atoms with Crippen molar-refractivity contribution in [3.05, 3.63) is 72.2 Å². The fourth-order valence-electron chi connectivity index (χ4n) is 3.44. The minimum Gasteiger partial charge on any atom is -0.542 e. The smallest absolute Gasteiger partial charge is 0.430 e. The number of unbranched alkanes of at least 4 members (excludes halogenated alkanes) is 2. The molecule has 2 aromatic rings. The molecule has 2 aromatic carbocycles. The highest BCUT2D eigenvalue weighted by atomic mass is 32.2. The molecule has 0 unspecified atom stereocenters. The summed E-state index contributed by atoms with van der Waals surface area (Å²) in [7, 11) is -4.07. The number of sulfonamides is 1. The van der Waals surface area contributed by atoms with E-state index in [0.717, 1.165) is 30.2 Å². The van der Waals surface area contributed by atoms with E-state index in [1.807, 2.05) is 35.6 Å². The van der Waals surface area contributed by atoms with Crippen LogP contribution in [0.1, 0.15) is 44.6 Å². The first-order valence-electron chi connectivity index (χ1n) is 11.5. The minimum atomic E-state index is -5.19. The Morgan fingerprint density at radius 2 is 1.63 bits per heavy atom. The van der Waals surface area contributed by atoms with Gasteiger partial charge in [-0.15, -0.1) is 0 Å². The van der Waals surface area contributed by atoms with Crippen LogP contribution in [0.5, 0.6) is 0 Å². The predicted octanol–water partition coefficient (Wildman–Crippen LogP) is 2.28. The number of nitrogens with one attached hydrogen (secondary N) is 1. The van der Waals surface area contributed by atoms with E-state index in [-0.39, 0.29) is 10.7 Å². The first kappa shape index (κ1) is 30.8. The number of hydrogen-bond acceptors (Lipinski definition) is 6. The van der Waals surface area contributed by atoms with Gasteiger partial charge in [-0.25, -0.2) is 17.8 Å². The summed E-state index contributed by atoms with van der Waals surface area (Å²) in [6.07, 6.45) is -0.207. The van der Waals surface area contributed by atoms with Crippen LogP contribution in [0.4, 0.5) is 17.6 Å². The number of Topliss-reactive ketones (excluding diaryl/α,β-unsaturated/α-hetero) is 1. The molecule has 13 heteroatoms. The van der Waals surface area contributed by atoms with Crippen LogP contribution in [0, 0.1) is 5.82 Å². The monoisotopic (exact) mass is 557 g/mol. The fourth-order valence-corrected chi connectivity index (χ4v) is 4.76. The molecule has 38 heavy (non-hydrogen) atoms. The number of carbonyl (C=O) groups is 2. The molecule has 1 atom stereocenters. The Bertz CT molecular complexity index is 1280. The highest BCUT2D eigenvalue weighted by Gasteiger charge is 2.31. The molecule has 206 valence electrons. The molecule has 0 amide bonds. The predicted molar refractivity (Wildman–Crippen MR) is 129 cm³/mol. The van der Waals surface area contributed by atoms with Gasteiger partial charge in [0.15, 0.2) is 5.70 Å². The van der Waals surface area contributed by atoms with Crippen molar-refractivity contribution in [1.29, 1.82) is 0 Å². The van der Waals surface area contributed by atoms with Crippen molar-refractivity contribution in [3.8, 4) is 0 Å². The van der Waals surface area contributed by atoms with Crippen molar-refractivity contribution in [2.75, 3.05) is 0 Å². The highest BCUT2D eigenvalue weighted by Crippen LogP contribution is 2.17. The topological polar surface area (TPSA) is 132 Å². The molecule has 0 saturated carbocycles. The molecule has 8 nitrogen and oxygen atoms in total. The fraction of sp³-hybridized carbons (Fsp3) is 0.320. The highest BCUT2D eigenvalue weighted by molar-refractivity contribution is 7.89. The largest absolute Gasteiger partial charge is 0.542 e. The van der Waals surface area contributed by atoms with Gasteiger partial charge in [-0.05, 0) is 44.0 Å². The van der Waals surface area contributed by atoms with E-state index in [0.29, 0.717) is 25.1 Å². The van der Waals surface area contributed by atoms with Crippen molar-refractivity contribution in [1.82, 2.24) is 4.72 Å². The second kappa shape index (κ2) is 13.9. The average molecular weight is 558 g/mol. The molecule has 0 fully saturated rings. The maximum absolute atomic E-state index is 14.1. The van der Waals surface area contributed by atoms with Gasteiger partial charge in [-0.1, -0.05) is 43.2 Å². The molecule has 1 heterocycles. The summed E-state index contributed by atoms with van der Waals surface area (Å²) in [4.78, 5) is 24.0. The zero-order chi connectivity index (χ0) is 28.3. The Morgan fingerprint density at radius 3 is 2.21 bits per heavy atom. The van der Waals surface area contributed by atoms with E-state index in [9.17, 15) is 30.8 Å². The molecule has 0 saturated heterocycles. The lowest BCUT2D eigenvalue weighted by Gasteiger charge is -2.17. The number of nitrogens with two attached hydrogens (primary N) is 1. The van der Waals surface area contributed by atoms with E-state index in [2.05, 4.69) is 9.71 Å². The lowest BCUT2D eigenvalue weighted by Crippen LogP contribution is -2.87. The number of amidine groups is 1. The standard InChI is InChI=1S/C23H26FN3O3S.C2HF3O2/c1-17(28)10-4-2-7-14-20(27-31(29,30)22-15-9-8-13-19(22)24)23-25-16-21(26-23)18-11-5-3-6-12-18;3-2(4,5)1(6)7/h3,5-6,8-9,11-13,15-16,20,27H,2,4,7,10,14H2,1H3,(H,25,26);(H,6,7)/t20-;/m0./s1. The van der Waals surface area contributed by atoms with Crippen LogP contribution in [-0.2, 0) is 19.6 Å². The van der Waals surface area contributed by atoms with Crippen molar-refractivity contribution in [2.24, 2.45) is 4.99 Å². The number of benzene rings is 2. The molecule has 0 radical (unpaired) electrons. The van der Waals surface area contributed by atoms with Crippen LogP contribution in [0.2, 0.25) is 0 Å². The molecule has 3 N–H and O–H groups in total. The lowest BCUT2D eigenvalue weighted by molar-refractivity contribution is -0.434. The Morgan fingerprint density at radius 1 is 1.03 bits per heavy atom. The zero-order valence-corrected chi connectivity index (χ0v) is 21.2. The van der Waals surface area contributed by atoms with Crippen molar-refractivity contribution in [2.45, 2.75) is 56.1 Å². The summed E-state index contributed by atoms with van der Waals surface area (Å²) in [5, 5.41) is 10.6. The third-order valence-corrected chi connectivity index (χ3v) is 6.80. The first-order valence-corrected chi connectivity index (χ1v) is 13.0. The minimum absolute atomic E-state index is 0.141. The van der Waals surface area contributed by atoms with Gasteiger partial charge in [-0.3, -0.25) is 5.32 Å². The van der Waals surface area contributed by atoms with Crippen LogP contribution < -0.4 is 15.1 Å². The van der Waals surface area contributed by atoms with Crippen molar-refractivity contribution in [3.63, 3.8) is 0 Å². The molecular weight excluding hydrogens is 530 g/mol. The number of aliphatic imine (C=N–C) groups is 1.